The summed E-state index contributed by atoms with van der Waals surface area (Å²) in [5.41, 5.74) is 1.14. The first-order chi connectivity index (χ1) is 6.86. The molecule has 1 aromatic rings. The highest BCUT2D eigenvalue weighted by molar-refractivity contribution is 4.99. The van der Waals surface area contributed by atoms with Gasteiger partial charge in [-0.05, 0) is 18.8 Å². The predicted octanol–water partition coefficient (Wildman–Crippen LogP) is 2.34. The molecule has 0 bridgehead atoms. The first kappa shape index (κ1) is 9.71. The number of nitrogens with zero attached hydrogens (tertiary/aromatic N) is 1. The fraction of sp³-hybridized carbons (Fsp3) is 0.727. The van der Waals surface area contributed by atoms with Gasteiger partial charge >= 0.3 is 0 Å². The summed E-state index contributed by atoms with van der Waals surface area (Å²) in [7, 11) is 0. The Morgan fingerprint density at radius 1 is 1.50 bits per heavy atom. The van der Waals surface area contributed by atoms with Crippen molar-refractivity contribution in [1.82, 2.24) is 10.5 Å². The first-order valence-electron chi connectivity index (χ1n) is 5.48. The van der Waals surface area contributed by atoms with Crippen LogP contribution in [0.4, 0.5) is 0 Å². The molecule has 2 rings (SSSR count). The van der Waals surface area contributed by atoms with Gasteiger partial charge in [0.2, 0.25) is 0 Å². The van der Waals surface area contributed by atoms with Gasteiger partial charge in [0.25, 0.3) is 0 Å². The molecule has 78 valence electrons. The van der Waals surface area contributed by atoms with Crippen LogP contribution in [0.5, 0.6) is 0 Å². The van der Waals surface area contributed by atoms with Crippen molar-refractivity contribution in [2.75, 3.05) is 0 Å². The van der Waals surface area contributed by atoms with Crippen LogP contribution in [-0.4, -0.2) is 11.2 Å². The molecule has 0 aromatic carbocycles. The van der Waals surface area contributed by atoms with Gasteiger partial charge in [0, 0.05) is 18.2 Å². The minimum Gasteiger partial charge on any atom is -0.364 e. The SMILES string of the molecule is CC1CCCCC1NCc1cnoc1. The van der Waals surface area contributed by atoms with Crippen LogP contribution in [0.25, 0.3) is 0 Å². The van der Waals surface area contributed by atoms with E-state index in [4.69, 9.17) is 4.52 Å². The molecule has 1 heterocycles. The normalized spacial score (nSPS) is 27.8. The number of nitrogens with one attached hydrogen (secondary N) is 1. The fourth-order valence-corrected chi connectivity index (χ4v) is 2.18. The topological polar surface area (TPSA) is 38.1 Å². The third-order valence-corrected chi connectivity index (χ3v) is 3.16. The van der Waals surface area contributed by atoms with Gasteiger partial charge < -0.3 is 9.84 Å². The van der Waals surface area contributed by atoms with Crippen LogP contribution in [0.2, 0.25) is 0 Å². The second kappa shape index (κ2) is 4.60. The van der Waals surface area contributed by atoms with Crippen molar-refractivity contribution in [3.63, 3.8) is 0 Å². The van der Waals surface area contributed by atoms with E-state index < -0.39 is 0 Å². The van der Waals surface area contributed by atoms with Gasteiger partial charge in [0.1, 0.15) is 6.26 Å². The minimum atomic E-state index is 0.679. The van der Waals surface area contributed by atoms with E-state index in [-0.39, 0.29) is 0 Å². The van der Waals surface area contributed by atoms with E-state index in [9.17, 15) is 0 Å². The zero-order valence-electron chi connectivity index (χ0n) is 8.70. The third kappa shape index (κ3) is 2.35. The summed E-state index contributed by atoms with van der Waals surface area (Å²) in [6.07, 6.45) is 8.92. The van der Waals surface area contributed by atoms with Crippen LogP contribution in [-0.2, 0) is 6.54 Å². The third-order valence-electron chi connectivity index (χ3n) is 3.16. The largest absolute Gasteiger partial charge is 0.364 e. The highest BCUT2D eigenvalue weighted by Crippen LogP contribution is 2.23. The summed E-state index contributed by atoms with van der Waals surface area (Å²) >= 11 is 0. The molecule has 2 unspecified atom stereocenters. The van der Waals surface area contributed by atoms with Gasteiger partial charge in [-0.3, -0.25) is 0 Å². The van der Waals surface area contributed by atoms with Gasteiger partial charge in [-0.25, -0.2) is 0 Å². The number of hydrogen-bond acceptors (Lipinski definition) is 3. The summed E-state index contributed by atoms with van der Waals surface area (Å²) in [4.78, 5) is 0. The molecule has 1 aliphatic carbocycles. The Hall–Kier alpha value is -0.830. The molecule has 1 aromatic heterocycles. The number of hydrogen-bond donors (Lipinski definition) is 1. The molecule has 1 N–H and O–H groups in total. The molecule has 0 saturated heterocycles. The minimum absolute atomic E-state index is 0.679. The average molecular weight is 194 g/mol. The number of aromatic nitrogens is 1. The molecule has 2 atom stereocenters. The predicted molar refractivity (Wildman–Crippen MR) is 54.8 cm³/mol. The fourth-order valence-electron chi connectivity index (χ4n) is 2.18. The molecule has 3 heteroatoms. The van der Waals surface area contributed by atoms with Crippen LogP contribution >= 0.6 is 0 Å². The molecule has 1 saturated carbocycles. The van der Waals surface area contributed by atoms with E-state index in [1.807, 2.05) is 0 Å². The zero-order valence-corrected chi connectivity index (χ0v) is 8.70. The highest BCUT2D eigenvalue weighted by atomic mass is 16.5. The summed E-state index contributed by atoms with van der Waals surface area (Å²) in [6.45, 7) is 3.23. The molecule has 0 aliphatic heterocycles. The Balaban J connectivity index is 1.79. The molecule has 14 heavy (non-hydrogen) atoms. The smallest absolute Gasteiger partial charge is 0.128 e. The molecular formula is C11H18N2O. The van der Waals surface area contributed by atoms with Crippen molar-refractivity contribution in [3.05, 3.63) is 18.0 Å². The van der Waals surface area contributed by atoms with Gasteiger partial charge in [-0.1, -0.05) is 24.9 Å². The van der Waals surface area contributed by atoms with Crippen LogP contribution < -0.4 is 5.32 Å². The van der Waals surface area contributed by atoms with E-state index in [1.165, 1.54) is 25.7 Å². The Morgan fingerprint density at radius 3 is 3.07 bits per heavy atom. The van der Waals surface area contributed by atoms with Gasteiger partial charge in [0.05, 0.1) is 6.20 Å². The van der Waals surface area contributed by atoms with Crippen molar-refractivity contribution in [1.29, 1.82) is 0 Å². The van der Waals surface area contributed by atoms with E-state index in [1.54, 1.807) is 12.5 Å². The molecular weight excluding hydrogens is 176 g/mol. The summed E-state index contributed by atoms with van der Waals surface area (Å²) in [6, 6.07) is 0.679. The molecule has 3 nitrogen and oxygen atoms in total. The van der Waals surface area contributed by atoms with Gasteiger partial charge in [0.15, 0.2) is 0 Å². The lowest BCUT2D eigenvalue weighted by molar-refractivity contribution is 0.279. The van der Waals surface area contributed by atoms with Crippen molar-refractivity contribution in [2.45, 2.75) is 45.2 Å². The molecule has 0 amide bonds. The van der Waals surface area contributed by atoms with E-state index in [0.717, 1.165) is 18.0 Å². The zero-order chi connectivity index (χ0) is 9.80. The summed E-state index contributed by atoms with van der Waals surface area (Å²) in [5.74, 6) is 0.809. The van der Waals surface area contributed by atoms with E-state index in [2.05, 4.69) is 17.4 Å². The van der Waals surface area contributed by atoms with Crippen LogP contribution in [0.3, 0.4) is 0 Å². The maximum atomic E-state index is 4.79. The van der Waals surface area contributed by atoms with E-state index in [0.29, 0.717) is 6.04 Å². The van der Waals surface area contributed by atoms with Crippen molar-refractivity contribution >= 4 is 0 Å². The maximum Gasteiger partial charge on any atom is 0.128 e. The molecule has 1 aliphatic rings. The Morgan fingerprint density at radius 2 is 2.36 bits per heavy atom. The maximum absolute atomic E-state index is 4.79. The van der Waals surface area contributed by atoms with Crippen LogP contribution in [0, 0.1) is 5.92 Å². The second-order valence-corrected chi connectivity index (χ2v) is 4.28. The Bertz CT molecular complexity index is 258. The van der Waals surface area contributed by atoms with Crippen molar-refractivity contribution < 1.29 is 4.52 Å². The second-order valence-electron chi connectivity index (χ2n) is 4.28. The number of rotatable bonds is 3. The van der Waals surface area contributed by atoms with Crippen molar-refractivity contribution in [2.24, 2.45) is 5.92 Å². The standard InChI is InChI=1S/C11H18N2O/c1-9-4-2-3-5-11(9)12-6-10-7-13-14-8-10/h7-9,11-12H,2-6H2,1H3. The summed E-state index contributed by atoms with van der Waals surface area (Å²) < 4.78 is 4.79. The first-order valence-corrected chi connectivity index (χ1v) is 5.48. The monoisotopic (exact) mass is 194 g/mol. The molecule has 0 radical (unpaired) electrons. The summed E-state index contributed by atoms with van der Waals surface area (Å²) in [5, 5.41) is 7.26. The van der Waals surface area contributed by atoms with E-state index >= 15 is 0 Å². The Kier molecular flexibility index (Phi) is 3.19. The van der Waals surface area contributed by atoms with Gasteiger partial charge in [-0.15, -0.1) is 0 Å². The molecule has 0 spiro atoms. The lowest BCUT2D eigenvalue weighted by atomic mass is 9.86. The Labute approximate surface area is 84.9 Å². The van der Waals surface area contributed by atoms with Crippen LogP contribution in [0.1, 0.15) is 38.2 Å². The van der Waals surface area contributed by atoms with Crippen molar-refractivity contribution in [3.8, 4) is 0 Å². The quantitative estimate of drug-likeness (QED) is 0.802. The highest BCUT2D eigenvalue weighted by Gasteiger charge is 2.20. The average Bonchev–Trinajstić information content (AvgIpc) is 2.69. The lowest BCUT2D eigenvalue weighted by Gasteiger charge is -2.29. The van der Waals surface area contributed by atoms with Crippen LogP contribution in [0.15, 0.2) is 17.0 Å². The lowest BCUT2D eigenvalue weighted by Crippen LogP contribution is -2.36. The molecule has 1 fully saturated rings. The van der Waals surface area contributed by atoms with Gasteiger partial charge in [-0.2, -0.15) is 0 Å².